The first-order valence-electron chi connectivity index (χ1n) is 9.36. The van der Waals surface area contributed by atoms with E-state index in [1.165, 1.54) is 0 Å². The summed E-state index contributed by atoms with van der Waals surface area (Å²) in [6.45, 7) is 4.13. The van der Waals surface area contributed by atoms with Crippen LogP contribution < -0.4 is 10.6 Å². The maximum atomic E-state index is 12.6. The number of hydrogen-bond donors (Lipinski definition) is 2. The molecule has 2 N–H and O–H groups in total. The third kappa shape index (κ3) is 5.23. The van der Waals surface area contributed by atoms with Gasteiger partial charge in [0.15, 0.2) is 0 Å². The van der Waals surface area contributed by atoms with Crippen molar-refractivity contribution in [3.63, 3.8) is 0 Å². The van der Waals surface area contributed by atoms with Crippen molar-refractivity contribution >= 4 is 29.1 Å². The molecule has 0 aliphatic heterocycles. The number of carbonyl (C=O) groups is 2. The SMILES string of the molecule is Cc1nn(CC(=O)Nc2ccccc2C(=O)NCCc2ccccc2)c(C)c1Cl. The summed E-state index contributed by atoms with van der Waals surface area (Å²) in [6, 6.07) is 16.9. The van der Waals surface area contributed by atoms with Gasteiger partial charge in [0.05, 0.1) is 27.7 Å². The Morgan fingerprint density at radius 1 is 1.03 bits per heavy atom. The monoisotopic (exact) mass is 410 g/mol. The van der Waals surface area contributed by atoms with E-state index in [2.05, 4.69) is 15.7 Å². The molecule has 3 rings (SSSR count). The fourth-order valence-corrected chi connectivity index (χ4v) is 3.14. The lowest BCUT2D eigenvalue weighted by Gasteiger charge is -2.12. The van der Waals surface area contributed by atoms with Crippen LogP contribution in [-0.2, 0) is 17.8 Å². The highest BCUT2D eigenvalue weighted by Crippen LogP contribution is 2.19. The Kier molecular flexibility index (Phi) is 6.67. The highest BCUT2D eigenvalue weighted by atomic mass is 35.5. The maximum absolute atomic E-state index is 12.6. The van der Waals surface area contributed by atoms with Gasteiger partial charge in [-0.15, -0.1) is 0 Å². The Hall–Kier alpha value is -3.12. The molecule has 0 spiro atoms. The molecule has 29 heavy (non-hydrogen) atoms. The topological polar surface area (TPSA) is 76.0 Å². The molecule has 6 nitrogen and oxygen atoms in total. The Morgan fingerprint density at radius 2 is 1.72 bits per heavy atom. The lowest BCUT2D eigenvalue weighted by molar-refractivity contribution is -0.116. The van der Waals surface area contributed by atoms with Gasteiger partial charge in [-0.2, -0.15) is 5.10 Å². The number of aromatic nitrogens is 2. The third-order valence-electron chi connectivity index (χ3n) is 4.57. The molecular weight excluding hydrogens is 388 g/mol. The number of benzene rings is 2. The van der Waals surface area contributed by atoms with E-state index in [0.29, 0.717) is 28.5 Å². The Morgan fingerprint density at radius 3 is 2.41 bits per heavy atom. The van der Waals surface area contributed by atoms with Crippen molar-refractivity contribution in [1.29, 1.82) is 0 Å². The third-order valence-corrected chi connectivity index (χ3v) is 5.12. The first-order valence-corrected chi connectivity index (χ1v) is 9.74. The highest BCUT2D eigenvalue weighted by molar-refractivity contribution is 6.31. The summed E-state index contributed by atoms with van der Waals surface area (Å²) in [7, 11) is 0. The predicted molar refractivity (Wildman–Crippen MR) is 114 cm³/mol. The number of amides is 2. The van der Waals surface area contributed by atoms with Crippen LogP contribution >= 0.6 is 11.6 Å². The van der Waals surface area contributed by atoms with Gasteiger partial charge in [0.2, 0.25) is 5.91 Å². The van der Waals surface area contributed by atoms with Crippen LogP contribution in [0.4, 0.5) is 5.69 Å². The molecule has 2 amide bonds. The van der Waals surface area contributed by atoms with Crippen LogP contribution in [0, 0.1) is 13.8 Å². The Balaban J connectivity index is 1.62. The van der Waals surface area contributed by atoms with Crippen molar-refractivity contribution in [2.75, 3.05) is 11.9 Å². The Bertz CT molecular complexity index is 1010. The fraction of sp³-hybridized carbons (Fsp3) is 0.227. The number of anilines is 1. The van der Waals surface area contributed by atoms with Gasteiger partial charge in [-0.25, -0.2) is 0 Å². The number of para-hydroxylation sites is 1. The molecule has 0 bridgehead atoms. The second-order valence-corrected chi connectivity index (χ2v) is 7.11. The number of halogens is 1. The molecule has 0 fully saturated rings. The van der Waals surface area contributed by atoms with Gasteiger partial charge in [0, 0.05) is 6.54 Å². The Labute approximate surface area is 174 Å². The minimum absolute atomic E-state index is 0.0172. The summed E-state index contributed by atoms with van der Waals surface area (Å²) in [5.74, 6) is -0.511. The van der Waals surface area contributed by atoms with E-state index in [1.807, 2.05) is 37.3 Å². The van der Waals surface area contributed by atoms with Gasteiger partial charge in [0.1, 0.15) is 6.54 Å². The van der Waals surface area contributed by atoms with E-state index in [1.54, 1.807) is 35.9 Å². The molecule has 150 valence electrons. The van der Waals surface area contributed by atoms with Gasteiger partial charge >= 0.3 is 0 Å². The zero-order chi connectivity index (χ0) is 20.8. The minimum Gasteiger partial charge on any atom is -0.352 e. The van der Waals surface area contributed by atoms with Crippen molar-refractivity contribution in [1.82, 2.24) is 15.1 Å². The van der Waals surface area contributed by atoms with E-state index in [0.717, 1.165) is 17.7 Å². The fourth-order valence-electron chi connectivity index (χ4n) is 3.01. The largest absolute Gasteiger partial charge is 0.352 e. The minimum atomic E-state index is -0.281. The maximum Gasteiger partial charge on any atom is 0.253 e. The molecule has 1 heterocycles. The van der Waals surface area contributed by atoms with Crippen LogP contribution in [0.5, 0.6) is 0 Å². The van der Waals surface area contributed by atoms with Gasteiger partial charge in [0.25, 0.3) is 5.91 Å². The molecule has 0 radical (unpaired) electrons. The van der Waals surface area contributed by atoms with E-state index in [4.69, 9.17) is 11.6 Å². The molecule has 3 aromatic rings. The van der Waals surface area contributed by atoms with Gasteiger partial charge in [-0.3, -0.25) is 14.3 Å². The lowest BCUT2D eigenvalue weighted by Crippen LogP contribution is -2.28. The van der Waals surface area contributed by atoms with Crippen molar-refractivity contribution in [2.24, 2.45) is 0 Å². The normalized spacial score (nSPS) is 10.6. The molecule has 0 atom stereocenters. The summed E-state index contributed by atoms with van der Waals surface area (Å²) in [6.07, 6.45) is 0.736. The average Bonchev–Trinajstić information content (AvgIpc) is 2.95. The summed E-state index contributed by atoms with van der Waals surface area (Å²) in [5, 5.41) is 10.5. The highest BCUT2D eigenvalue weighted by Gasteiger charge is 2.15. The average molecular weight is 411 g/mol. The van der Waals surface area contributed by atoms with E-state index >= 15 is 0 Å². The molecule has 7 heteroatoms. The molecule has 0 saturated carbocycles. The zero-order valence-corrected chi connectivity index (χ0v) is 17.2. The summed E-state index contributed by atoms with van der Waals surface area (Å²) in [5.41, 5.74) is 3.43. The number of aryl methyl sites for hydroxylation is 1. The quantitative estimate of drug-likeness (QED) is 0.622. The molecule has 0 aliphatic rings. The van der Waals surface area contributed by atoms with E-state index < -0.39 is 0 Å². The van der Waals surface area contributed by atoms with Gasteiger partial charge in [-0.1, -0.05) is 54.1 Å². The molecule has 0 saturated heterocycles. The zero-order valence-electron chi connectivity index (χ0n) is 16.4. The number of rotatable bonds is 7. The lowest BCUT2D eigenvalue weighted by atomic mass is 10.1. The number of nitrogens with zero attached hydrogens (tertiary/aromatic N) is 2. The molecule has 0 unspecified atom stereocenters. The van der Waals surface area contributed by atoms with Crippen LogP contribution in [-0.4, -0.2) is 28.1 Å². The van der Waals surface area contributed by atoms with E-state index in [-0.39, 0.29) is 18.4 Å². The number of hydrogen-bond acceptors (Lipinski definition) is 3. The first kappa shape index (κ1) is 20.6. The summed E-state index contributed by atoms with van der Waals surface area (Å²) < 4.78 is 1.55. The van der Waals surface area contributed by atoms with E-state index in [9.17, 15) is 9.59 Å². The standard InChI is InChI=1S/C22H23ClN4O2/c1-15-21(23)16(2)27(26-15)14-20(28)25-19-11-7-6-10-18(19)22(29)24-13-12-17-8-4-3-5-9-17/h3-11H,12-14H2,1-2H3,(H,24,29)(H,25,28). The van der Waals surface area contributed by atoms with Crippen LogP contribution in [0.15, 0.2) is 54.6 Å². The first-order chi connectivity index (χ1) is 14.0. The number of carbonyl (C=O) groups excluding carboxylic acids is 2. The van der Waals surface area contributed by atoms with Crippen LogP contribution in [0.25, 0.3) is 0 Å². The molecular formula is C22H23ClN4O2. The predicted octanol–water partition coefficient (Wildman–Crippen LogP) is 3.76. The van der Waals surface area contributed by atoms with Crippen LogP contribution in [0.2, 0.25) is 5.02 Å². The van der Waals surface area contributed by atoms with Gasteiger partial charge < -0.3 is 10.6 Å². The molecule has 2 aromatic carbocycles. The van der Waals surface area contributed by atoms with Crippen molar-refractivity contribution in [3.05, 3.63) is 82.1 Å². The second-order valence-electron chi connectivity index (χ2n) is 6.73. The summed E-state index contributed by atoms with van der Waals surface area (Å²) >= 11 is 6.13. The second kappa shape index (κ2) is 9.39. The van der Waals surface area contributed by atoms with Crippen LogP contribution in [0.1, 0.15) is 27.3 Å². The summed E-state index contributed by atoms with van der Waals surface area (Å²) in [4.78, 5) is 25.1. The van der Waals surface area contributed by atoms with Crippen molar-refractivity contribution in [2.45, 2.75) is 26.8 Å². The van der Waals surface area contributed by atoms with Crippen molar-refractivity contribution in [3.8, 4) is 0 Å². The van der Waals surface area contributed by atoms with Gasteiger partial charge in [-0.05, 0) is 38.0 Å². The smallest absolute Gasteiger partial charge is 0.253 e. The van der Waals surface area contributed by atoms with Crippen molar-refractivity contribution < 1.29 is 9.59 Å². The number of nitrogens with one attached hydrogen (secondary N) is 2. The molecule has 0 aliphatic carbocycles. The molecule has 1 aromatic heterocycles. The van der Waals surface area contributed by atoms with Crippen LogP contribution in [0.3, 0.4) is 0 Å².